The Balaban J connectivity index is 2.19. The molecule has 0 saturated carbocycles. The monoisotopic (exact) mass is 166 g/mol. The van der Waals surface area contributed by atoms with Gasteiger partial charge in [-0.2, -0.15) is 0 Å². The fourth-order valence-corrected chi connectivity index (χ4v) is 1.23. The summed E-state index contributed by atoms with van der Waals surface area (Å²) in [6.07, 6.45) is 14.9. The standard InChI is InChI=1S/C11H18O/c1-2-4-6-8-10-12-11-9-7-5-3-1/h2,4,7,9H,1,3,5-6,8,10-11H2/b4-2+,9-7?. The summed E-state index contributed by atoms with van der Waals surface area (Å²) >= 11 is 0. The molecule has 0 amide bonds. The predicted molar refractivity (Wildman–Crippen MR) is 52.2 cm³/mol. The van der Waals surface area contributed by atoms with Gasteiger partial charge in [-0.3, -0.25) is 0 Å². The molecule has 0 fully saturated rings. The van der Waals surface area contributed by atoms with E-state index in [4.69, 9.17) is 4.74 Å². The van der Waals surface area contributed by atoms with Crippen molar-refractivity contribution in [1.29, 1.82) is 0 Å². The minimum Gasteiger partial charge on any atom is -0.377 e. The molecular formula is C11H18O. The van der Waals surface area contributed by atoms with Gasteiger partial charge in [-0.25, -0.2) is 0 Å². The molecule has 0 aromatic heterocycles. The second-order valence-corrected chi connectivity index (χ2v) is 3.09. The van der Waals surface area contributed by atoms with Gasteiger partial charge in [0.2, 0.25) is 0 Å². The largest absolute Gasteiger partial charge is 0.377 e. The maximum absolute atomic E-state index is 5.39. The molecule has 68 valence electrons. The van der Waals surface area contributed by atoms with E-state index in [1.807, 2.05) is 0 Å². The molecule has 0 bridgehead atoms. The Morgan fingerprint density at radius 3 is 2.25 bits per heavy atom. The Hall–Kier alpha value is -0.560. The van der Waals surface area contributed by atoms with Crippen LogP contribution in [-0.2, 0) is 4.74 Å². The average molecular weight is 166 g/mol. The lowest BCUT2D eigenvalue weighted by atomic mass is 10.2. The van der Waals surface area contributed by atoms with Crippen molar-refractivity contribution in [2.24, 2.45) is 0 Å². The highest BCUT2D eigenvalue weighted by molar-refractivity contribution is 4.86. The number of allylic oxidation sites excluding steroid dienone is 3. The first-order valence-corrected chi connectivity index (χ1v) is 4.88. The first-order valence-electron chi connectivity index (χ1n) is 4.88. The summed E-state index contributed by atoms with van der Waals surface area (Å²) in [5.41, 5.74) is 0. The number of hydrogen-bond donors (Lipinski definition) is 0. The zero-order valence-electron chi connectivity index (χ0n) is 7.67. The van der Waals surface area contributed by atoms with Gasteiger partial charge in [0.1, 0.15) is 0 Å². The molecule has 0 unspecified atom stereocenters. The molecule has 0 aliphatic carbocycles. The summed E-state index contributed by atoms with van der Waals surface area (Å²) in [5, 5.41) is 0. The van der Waals surface area contributed by atoms with Gasteiger partial charge < -0.3 is 4.74 Å². The highest BCUT2D eigenvalue weighted by Gasteiger charge is 1.87. The van der Waals surface area contributed by atoms with Gasteiger partial charge in [0.25, 0.3) is 0 Å². The molecule has 0 aromatic rings. The topological polar surface area (TPSA) is 9.23 Å². The Morgan fingerprint density at radius 2 is 1.42 bits per heavy atom. The van der Waals surface area contributed by atoms with Gasteiger partial charge in [-0.15, -0.1) is 0 Å². The van der Waals surface area contributed by atoms with E-state index in [1.165, 1.54) is 25.7 Å². The molecule has 0 atom stereocenters. The smallest absolute Gasteiger partial charge is 0.0647 e. The van der Waals surface area contributed by atoms with Crippen LogP contribution in [0.5, 0.6) is 0 Å². The van der Waals surface area contributed by atoms with Crippen molar-refractivity contribution < 1.29 is 4.74 Å². The molecular weight excluding hydrogens is 148 g/mol. The third-order valence-electron chi connectivity index (χ3n) is 1.95. The minimum absolute atomic E-state index is 0.795. The van der Waals surface area contributed by atoms with E-state index in [9.17, 15) is 0 Å². The van der Waals surface area contributed by atoms with Crippen LogP contribution in [0.4, 0.5) is 0 Å². The molecule has 1 nitrogen and oxygen atoms in total. The summed E-state index contributed by atoms with van der Waals surface area (Å²) in [5.74, 6) is 0. The third-order valence-corrected chi connectivity index (χ3v) is 1.95. The molecule has 0 spiro atoms. The van der Waals surface area contributed by atoms with E-state index in [0.717, 1.165) is 19.6 Å². The Morgan fingerprint density at radius 1 is 0.750 bits per heavy atom. The van der Waals surface area contributed by atoms with Crippen LogP contribution >= 0.6 is 0 Å². The SMILES string of the molecule is C1=CCOCCC/C=C/CCC1. The van der Waals surface area contributed by atoms with Crippen molar-refractivity contribution in [1.82, 2.24) is 0 Å². The quantitative estimate of drug-likeness (QED) is 0.502. The lowest BCUT2D eigenvalue weighted by Crippen LogP contribution is -1.93. The van der Waals surface area contributed by atoms with Crippen LogP contribution in [0.3, 0.4) is 0 Å². The van der Waals surface area contributed by atoms with Crippen molar-refractivity contribution >= 4 is 0 Å². The zero-order valence-corrected chi connectivity index (χ0v) is 7.67. The molecule has 0 radical (unpaired) electrons. The van der Waals surface area contributed by atoms with E-state index >= 15 is 0 Å². The van der Waals surface area contributed by atoms with Crippen LogP contribution in [-0.4, -0.2) is 13.2 Å². The van der Waals surface area contributed by atoms with Crippen LogP contribution < -0.4 is 0 Å². The van der Waals surface area contributed by atoms with E-state index in [0.29, 0.717) is 0 Å². The van der Waals surface area contributed by atoms with E-state index in [-0.39, 0.29) is 0 Å². The van der Waals surface area contributed by atoms with Crippen LogP contribution in [0.2, 0.25) is 0 Å². The second-order valence-electron chi connectivity index (χ2n) is 3.09. The van der Waals surface area contributed by atoms with Gasteiger partial charge >= 0.3 is 0 Å². The summed E-state index contributed by atoms with van der Waals surface area (Å²) in [6.45, 7) is 1.69. The first-order chi connectivity index (χ1) is 6.00. The summed E-state index contributed by atoms with van der Waals surface area (Å²) in [7, 11) is 0. The Labute approximate surface area is 75.1 Å². The fraction of sp³-hybridized carbons (Fsp3) is 0.636. The molecule has 1 heterocycles. The number of rotatable bonds is 0. The Kier molecular flexibility index (Phi) is 5.64. The summed E-state index contributed by atoms with van der Waals surface area (Å²) in [6, 6.07) is 0. The lowest BCUT2D eigenvalue weighted by Gasteiger charge is -2.00. The molecule has 12 heavy (non-hydrogen) atoms. The molecule has 0 saturated heterocycles. The highest BCUT2D eigenvalue weighted by atomic mass is 16.5. The predicted octanol–water partition coefficient (Wildman–Crippen LogP) is 3.08. The van der Waals surface area contributed by atoms with Crippen LogP contribution in [0.1, 0.15) is 32.1 Å². The fourth-order valence-electron chi connectivity index (χ4n) is 1.23. The zero-order chi connectivity index (χ0) is 8.49. The molecule has 1 aliphatic rings. The van der Waals surface area contributed by atoms with Gasteiger partial charge in [0, 0.05) is 6.61 Å². The van der Waals surface area contributed by atoms with Gasteiger partial charge in [-0.1, -0.05) is 24.3 Å². The lowest BCUT2D eigenvalue weighted by molar-refractivity contribution is 0.160. The minimum atomic E-state index is 0.795. The van der Waals surface area contributed by atoms with Gasteiger partial charge in [0.15, 0.2) is 0 Å². The van der Waals surface area contributed by atoms with Crippen LogP contribution in [0, 0.1) is 0 Å². The highest BCUT2D eigenvalue weighted by Crippen LogP contribution is 2.01. The Bertz CT molecular complexity index is 131. The van der Waals surface area contributed by atoms with Crippen molar-refractivity contribution in [3.63, 3.8) is 0 Å². The van der Waals surface area contributed by atoms with Gasteiger partial charge in [-0.05, 0) is 32.1 Å². The molecule has 0 aromatic carbocycles. The second kappa shape index (κ2) is 7.11. The van der Waals surface area contributed by atoms with E-state index < -0.39 is 0 Å². The van der Waals surface area contributed by atoms with Crippen molar-refractivity contribution in [2.75, 3.05) is 13.2 Å². The van der Waals surface area contributed by atoms with Gasteiger partial charge in [0.05, 0.1) is 6.61 Å². The van der Waals surface area contributed by atoms with Crippen LogP contribution in [0.15, 0.2) is 24.3 Å². The van der Waals surface area contributed by atoms with E-state index in [1.54, 1.807) is 0 Å². The maximum Gasteiger partial charge on any atom is 0.0647 e. The van der Waals surface area contributed by atoms with Crippen molar-refractivity contribution in [3.05, 3.63) is 24.3 Å². The summed E-state index contributed by atoms with van der Waals surface area (Å²) in [4.78, 5) is 0. The van der Waals surface area contributed by atoms with Crippen LogP contribution in [0.25, 0.3) is 0 Å². The first kappa shape index (κ1) is 9.53. The van der Waals surface area contributed by atoms with E-state index in [2.05, 4.69) is 24.3 Å². The molecule has 1 rings (SSSR count). The van der Waals surface area contributed by atoms with Crippen molar-refractivity contribution in [3.8, 4) is 0 Å². The molecule has 1 aliphatic heterocycles. The molecule has 0 N–H and O–H groups in total. The van der Waals surface area contributed by atoms with Crippen molar-refractivity contribution in [2.45, 2.75) is 32.1 Å². The number of ether oxygens (including phenoxy) is 1. The molecule has 1 heteroatoms. The maximum atomic E-state index is 5.39. The summed E-state index contributed by atoms with van der Waals surface area (Å²) < 4.78 is 5.39. The average Bonchev–Trinajstić information content (AvgIpc) is 2.05. The normalized spacial score (nSPS) is 24.0. The number of hydrogen-bond acceptors (Lipinski definition) is 1. The third kappa shape index (κ3) is 5.14.